The highest BCUT2D eigenvalue weighted by Crippen LogP contribution is 2.34. The van der Waals surface area contributed by atoms with Gasteiger partial charge in [-0.25, -0.2) is 4.79 Å². The predicted octanol–water partition coefficient (Wildman–Crippen LogP) is 3.77. The van der Waals surface area contributed by atoms with E-state index in [1.807, 2.05) is 54.1 Å². The van der Waals surface area contributed by atoms with Crippen molar-refractivity contribution in [2.75, 3.05) is 6.61 Å². The summed E-state index contributed by atoms with van der Waals surface area (Å²) in [6.07, 6.45) is 3.58. The van der Waals surface area contributed by atoms with Gasteiger partial charge in [0.25, 0.3) is 11.1 Å². The first-order valence-corrected chi connectivity index (χ1v) is 9.42. The lowest BCUT2D eigenvalue weighted by molar-refractivity contribution is -0.150. The Hall–Kier alpha value is -2.80. The lowest BCUT2D eigenvalue weighted by Crippen LogP contribution is -2.42. The summed E-state index contributed by atoms with van der Waals surface area (Å²) in [5.41, 5.74) is 2.86. The van der Waals surface area contributed by atoms with E-state index in [-0.39, 0.29) is 11.5 Å². The maximum atomic E-state index is 12.7. The van der Waals surface area contributed by atoms with E-state index in [0.717, 1.165) is 33.6 Å². The number of esters is 1. The molecule has 6 nitrogen and oxygen atoms in total. The number of benzene rings is 1. The molecule has 1 saturated heterocycles. The number of aryl methyl sites for hydroxylation is 1. The lowest BCUT2D eigenvalue weighted by atomic mass is 10.2. The Morgan fingerprint density at radius 1 is 1.22 bits per heavy atom. The normalized spacial score (nSPS) is 16.9. The number of amides is 2. The number of nitrogens with zero attached hydrogens (tertiary/aromatic N) is 2. The van der Waals surface area contributed by atoms with Gasteiger partial charge in [-0.3, -0.25) is 14.5 Å². The Morgan fingerprint density at radius 3 is 2.67 bits per heavy atom. The van der Waals surface area contributed by atoms with Crippen LogP contribution in [-0.4, -0.2) is 39.2 Å². The van der Waals surface area contributed by atoms with Crippen molar-refractivity contribution in [2.45, 2.75) is 26.8 Å². The van der Waals surface area contributed by atoms with Gasteiger partial charge in [0, 0.05) is 17.6 Å². The molecule has 7 heteroatoms. The van der Waals surface area contributed by atoms with Gasteiger partial charge >= 0.3 is 5.97 Å². The topological polar surface area (TPSA) is 68.6 Å². The van der Waals surface area contributed by atoms with Gasteiger partial charge in [0.1, 0.15) is 6.04 Å². The van der Waals surface area contributed by atoms with Gasteiger partial charge in [0.15, 0.2) is 0 Å². The maximum Gasteiger partial charge on any atom is 0.329 e. The summed E-state index contributed by atoms with van der Waals surface area (Å²) in [6, 6.07) is 10.7. The molecule has 27 heavy (non-hydrogen) atoms. The molecule has 140 valence electrons. The molecule has 1 fully saturated rings. The Labute approximate surface area is 161 Å². The van der Waals surface area contributed by atoms with Crippen LogP contribution in [0.2, 0.25) is 0 Å². The molecule has 0 radical (unpaired) electrons. The summed E-state index contributed by atoms with van der Waals surface area (Å²) < 4.78 is 6.88. The van der Waals surface area contributed by atoms with Crippen LogP contribution in [0.15, 0.2) is 47.5 Å². The molecule has 1 unspecified atom stereocenters. The summed E-state index contributed by atoms with van der Waals surface area (Å²) >= 11 is 0.829. The molecule has 2 aromatic rings. The van der Waals surface area contributed by atoms with Crippen LogP contribution in [-0.2, 0) is 14.3 Å². The number of hydrogen-bond donors (Lipinski definition) is 0. The molecule has 1 aliphatic rings. The van der Waals surface area contributed by atoms with Crippen LogP contribution in [0.25, 0.3) is 11.8 Å². The van der Waals surface area contributed by atoms with Gasteiger partial charge in [-0.2, -0.15) is 0 Å². The molecule has 2 heterocycles. The van der Waals surface area contributed by atoms with Crippen LogP contribution in [0.5, 0.6) is 0 Å². The molecule has 0 N–H and O–H groups in total. The number of imide groups is 1. The largest absolute Gasteiger partial charge is 0.464 e. The average Bonchev–Trinajstić information content (AvgIpc) is 3.20. The lowest BCUT2D eigenvalue weighted by Gasteiger charge is -2.19. The third-order valence-corrected chi connectivity index (χ3v) is 5.16. The van der Waals surface area contributed by atoms with Crippen LogP contribution in [0.3, 0.4) is 0 Å². The van der Waals surface area contributed by atoms with Gasteiger partial charge in [-0.05, 0) is 62.4 Å². The second-order valence-corrected chi connectivity index (χ2v) is 7.06. The van der Waals surface area contributed by atoms with Gasteiger partial charge in [-0.15, -0.1) is 0 Å². The van der Waals surface area contributed by atoms with Crippen molar-refractivity contribution >= 4 is 35.0 Å². The molecule has 2 amide bonds. The fourth-order valence-electron chi connectivity index (χ4n) is 2.88. The first kappa shape index (κ1) is 19.0. The fraction of sp³-hybridized carbons (Fsp3) is 0.250. The van der Waals surface area contributed by atoms with Crippen LogP contribution in [0.1, 0.15) is 25.1 Å². The van der Waals surface area contributed by atoms with E-state index in [1.54, 1.807) is 13.0 Å². The summed E-state index contributed by atoms with van der Waals surface area (Å²) in [4.78, 5) is 38.2. The molecule has 3 rings (SSSR count). The summed E-state index contributed by atoms with van der Waals surface area (Å²) in [6.45, 7) is 5.37. The van der Waals surface area contributed by atoms with Crippen molar-refractivity contribution in [1.29, 1.82) is 0 Å². The van der Waals surface area contributed by atoms with Crippen molar-refractivity contribution in [3.8, 4) is 5.69 Å². The van der Waals surface area contributed by atoms with Crippen LogP contribution < -0.4 is 0 Å². The average molecular weight is 384 g/mol. The number of para-hydroxylation sites is 1. The van der Waals surface area contributed by atoms with Gasteiger partial charge in [-0.1, -0.05) is 18.2 Å². The highest BCUT2D eigenvalue weighted by Gasteiger charge is 2.41. The third kappa shape index (κ3) is 3.68. The number of carbonyl (C=O) groups excluding carboxylic acids is 3. The van der Waals surface area contributed by atoms with E-state index < -0.39 is 23.2 Å². The fourth-order valence-corrected chi connectivity index (χ4v) is 3.77. The standard InChI is InChI=1S/C20H20N2O4S/c1-4-26-19(24)14(3)22-18(23)17(27-20(22)25)12-15-9-7-11-21(15)16-10-6-5-8-13(16)2/h5-12,14H,4H2,1-3H3/b17-12+. The number of hydrogen-bond acceptors (Lipinski definition) is 5. The zero-order chi connectivity index (χ0) is 19.6. The first-order chi connectivity index (χ1) is 12.9. The third-order valence-electron chi connectivity index (χ3n) is 4.27. The van der Waals surface area contributed by atoms with Crippen molar-refractivity contribution in [3.05, 3.63) is 58.8 Å². The Balaban J connectivity index is 1.91. The van der Waals surface area contributed by atoms with Crippen molar-refractivity contribution in [1.82, 2.24) is 9.47 Å². The minimum absolute atomic E-state index is 0.194. The monoisotopic (exact) mass is 384 g/mol. The van der Waals surface area contributed by atoms with E-state index in [9.17, 15) is 14.4 Å². The minimum atomic E-state index is -0.952. The molecule has 1 aromatic heterocycles. The van der Waals surface area contributed by atoms with E-state index in [2.05, 4.69) is 0 Å². The van der Waals surface area contributed by atoms with Crippen LogP contribution >= 0.6 is 11.8 Å². The second kappa shape index (κ2) is 7.84. The number of aromatic nitrogens is 1. The van der Waals surface area contributed by atoms with Crippen molar-refractivity contribution in [3.63, 3.8) is 0 Å². The van der Waals surface area contributed by atoms with Crippen LogP contribution in [0, 0.1) is 6.92 Å². The molecule has 0 bridgehead atoms. The van der Waals surface area contributed by atoms with Crippen molar-refractivity contribution < 1.29 is 19.1 Å². The Bertz CT molecular complexity index is 932. The molecule has 1 atom stereocenters. The zero-order valence-corrected chi connectivity index (χ0v) is 16.2. The second-order valence-electron chi connectivity index (χ2n) is 6.07. The molecule has 0 spiro atoms. The zero-order valence-electron chi connectivity index (χ0n) is 15.3. The summed E-state index contributed by atoms with van der Waals surface area (Å²) in [5.74, 6) is -1.08. The Morgan fingerprint density at radius 2 is 1.96 bits per heavy atom. The van der Waals surface area contributed by atoms with Gasteiger partial charge in [0.2, 0.25) is 0 Å². The molecular formula is C20H20N2O4S. The van der Waals surface area contributed by atoms with Crippen LogP contribution in [0.4, 0.5) is 4.79 Å². The number of carbonyl (C=O) groups is 3. The molecule has 0 aliphatic carbocycles. The summed E-state index contributed by atoms with van der Waals surface area (Å²) in [5, 5.41) is -0.471. The summed E-state index contributed by atoms with van der Waals surface area (Å²) in [7, 11) is 0. The highest BCUT2D eigenvalue weighted by atomic mass is 32.2. The highest BCUT2D eigenvalue weighted by molar-refractivity contribution is 8.18. The quantitative estimate of drug-likeness (QED) is 0.580. The Kier molecular flexibility index (Phi) is 5.51. The molecule has 0 saturated carbocycles. The first-order valence-electron chi connectivity index (χ1n) is 8.61. The maximum absolute atomic E-state index is 12.7. The van der Waals surface area contributed by atoms with E-state index in [1.165, 1.54) is 6.92 Å². The van der Waals surface area contributed by atoms with Crippen molar-refractivity contribution in [2.24, 2.45) is 0 Å². The van der Waals surface area contributed by atoms with E-state index in [0.29, 0.717) is 0 Å². The van der Waals surface area contributed by atoms with Gasteiger partial charge in [0.05, 0.1) is 11.5 Å². The molecule has 1 aliphatic heterocycles. The minimum Gasteiger partial charge on any atom is -0.464 e. The van der Waals surface area contributed by atoms with E-state index in [4.69, 9.17) is 4.74 Å². The molecule has 1 aromatic carbocycles. The number of thioether (sulfide) groups is 1. The van der Waals surface area contributed by atoms with E-state index >= 15 is 0 Å². The SMILES string of the molecule is CCOC(=O)C(C)N1C(=O)S/C(=C/c2cccn2-c2ccccc2C)C1=O. The number of ether oxygens (including phenoxy) is 1. The molecular weight excluding hydrogens is 364 g/mol. The predicted molar refractivity (Wildman–Crippen MR) is 104 cm³/mol. The smallest absolute Gasteiger partial charge is 0.329 e. The number of rotatable bonds is 5. The van der Waals surface area contributed by atoms with Gasteiger partial charge < -0.3 is 9.30 Å².